The molecule has 3 atom stereocenters. The van der Waals surface area contributed by atoms with Crippen LogP contribution in [0.15, 0.2) is 133 Å². The van der Waals surface area contributed by atoms with Crippen molar-refractivity contribution in [3.8, 4) is 34.5 Å². The normalized spacial score (nSPS) is 16.9. The molecule has 0 aromatic heterocycles. The fourth-order valence-corrected chi connectivity index (χ4v) is 20.6. The topological polar surface area (TPSA) is 111 Å². The summed E-state index contributed by atoms with van der Waals surface area (Å²) in [4.78, 5) is 13.6. The lowest BCUT2D eigenvalue weighted by Gasteiger charge is -2.45. The lowest BCUT2D eigenvalue weighted by Crippen LogP contribution is -2.67. The average Bonchev–Trinajstić information content (AvgIpc) is 3.65. The maximum Gasteiger partial charge on any atom is 0.261 e. The predicted octanol–water partition coefficient (Wildman–Crippen LogP) is 10.8. The molecule has 2 aliphatic carbocycles. The molecule has 0 bridgehead atoms. The molecule has 0 heterocycles. The molecule has 0 radical (unpaired) electrons. The first-order valence-electron chi connectivity index (χ1n) is 25.0. The molecular weight excluding hydrogens is 949 g/mol. The molecular formula is C61H78O10Si2. The standard InChI is InChI=1S/C30H38O5Si.C30H36O5Si.CH4/c2*1-30(2,3)36(22-13-9-7-10-14-22,23-15-11-8-12-16-23)35-21-17-18-24-25(26(31)19-21)20-27(32-4)29(34-6)28(24)33-5;/h7-16,20-21,26,31H,17-19H2,1-6H3;7-16,20-21H,17-19H2,1-6H3;1H4/t21-,26?;21-;/m00./s1. The van der Waals surface area contributed by atoms with Gasteiger partial charge >= 0.3 is 0 Å². The van der Waals surface area contributed by atoms with Gasteiger partial charge < -0.3 is 42.4 Å². The van der Waals surface area contributed by atoms with Crippen molar-refractivity contribution in [1.29, 1.82) is 0 Å². The maximum atomic E-state index is 13.6. The van der Waals surface area contributed by atoms with Crippen molar-refractivity contribution in [2.24, 2.45) is 0 Å². The zero-order chi connectivity index (χ0) is 51.8. The Bertz CT molecular complexity index is 2660. The molecule has 1 N–H and O–H groups in total. The monoisotopic (exact) mass is 1030 g/mol. The molecule has 10 nitrogen and oxygen atoms in total. The number of hydrogen-bond donors (Lipinski definition) is 1. The summed E-state index contributed by atoms with van der Waals surface area (Å²) in [5.74, 6) is 3.33. The number of carbonyl (C=O) groups excluding carboxylic acids is 1. The molecule has 0 saturated carbocycles. The molecule has 0 aliphatic heterocycles. The number of rotatable bonds is 14. The largest absolute Gasteiger partial charge is 0.493 e. The molecule has 6 aromatic rings. The van der Waals surface area contributed by atoms with Gasteiger partial charge in [-0.05, 0) is 74.2 Å². The van der Waals surface area contributed by atoms with E-state index in [9.17, 15) is 9.90 Å². The van der Waals surface area contributed by atoms with Crippen molar-refractivity contribution in [3.05, 3.63) is 156 Å². The number of benzene rings is 6. The molecule has 0 spiro atoms. The molecule has 0 fully saturated rings. The van der Waals surface area contributed by atoms with Gasteiger partial charge in [-0.3, -0.25) is 4.79 Å². The van der Waals surface area contributed by atoms with Crippen molar-refractivity contribution in [2.45, 2.75) is 116 Å². The van der Waals surface area contributed by atoms with Crippen LogP contribution >= 0.6 is 0 Å². The van der Waals surface area contributed by atoms with E-state index in [-0.39, 0.29) is 35.5 Å². The van der Waals surface area contributed by atoms with Gasteiger partial charge in [0.05, 0.1) is 54.9 Å². The van der Waals surface area contributed by atoms with E-state index in [0.29, 0.717) is 72.2 Å². The van der Waals surface area contributed by atoms with Gasteiger partial charge in [0.2, 0.25) is 11.5 Å². The highest BCUT2D eigenvalue weighted by molar-refractivity contribution is 7.00. The van der Waals surface area contributed by atoms with E-state index in [1.807, 2.05) is 18.2 Å². The van der Waals surface area contributed by atoms with Crippen LogP contribution in [0.25, 0.3) is 0 Å². The van der Waals surface area contributed by atoms with Gasteiger partial charge in [-0.1, -0.05) is 170 Å². The minimum atomic E-state index is -2.78. The number of ketones is 1. The van der Waals surface area contributed by atoms with Crippen molar-refractivity contribution >= 4 is 43.2 Å². The van der Waals surface area contributed by atoms with Crippen LogP contribution in [0.4, 0.5) is 0 Å². The third kappa shape index (κ3) is 11.1. The second-order valence-corrected chi connectivity index (χ2v) is 29.2. The quantitative estimate of drug-likeness (QED) is 0.0836. The van der Waals surface area contributed by atoms with E-state index >= 15 is 0 Å². The lowest BCUT2D eigenvalue weighted by atomic mass is 9.98. The van der Waals surface area contributed by atoms with Crippen molar-refractivity contribution in [3.63, 3.8) is 0 Å². The smallest absolute Gasteiger partial charge is 0.261 e. The third-order valence-electron chi connectivity index (χ3n) is 14.4. The van der Waals surface area contributed by atoms with Crippen LogP contribution in [0.2, 0.25) is 10.1 Å². The van der Waals surface area contributed by atoms with Gasteiger partial charge in [0.25, 0.3) is 16.6 Å². The molecule has 73 heavy (non-hydrogen) atoms. The Morgan fingerprint density at radius 2 is 0.836 bits per heavy atom. The van der Waals surface area contributed by atoms with Gasteiger partial charge in [0.15, 0.2) is 28.8 Å². The van der Waals surface area contributed by atoms with E-state index < -0.39 is 22.7 Å². The van der Waals surface area contributed by atoms with E-state index in [0.717, 1.165) is 23.1 Å². The van der Waals surface area contributed by atoms with E-state index in [1.54, 1.807) is 48.7 Å². The van der Waals surface area contributed by atoms with Crippen LogP contribution in [-0.4, -0.2) is 82.4 Å². The molecule has 390 valence electrons. The minimum Gasteiger partial charge on any atom is -0.493 e. The highest BCUT2D eigenvalue weighted by Crippen LogP contribution is 2.49. The van der Waals surface area contributed by atoms with Crippen LogP contribution in [-0.2, 0) is 21.7 Å². The van der Waals surface area contributed by atoms with Gasteiger partial charge in [-0.25, -0.2) is 0 Å². The number of ether oxygens (including phenoxy) is 6. The Morgan fingerprint density at radius 1 is 0.479 bits per heavy atom. The zero-order valence-electron chi connectivity index (χ0n) is 44.3. The highest BCUT2D eigenvalue weighted by Gasteiger charge is 2.53. The molecule has 2 aliphatic rings. The number of hydrogen-bond acceptors (Lipinski definition) is 10. The Hall–Kier alpha value is -5.90. The molecule has 0 saturated heterocycles. The Balaban J connectivity index is 0.000000235. The fraction of sp³-hybridized carbons (Fsp3) is 0.393. The average molecular weight is 1030 g/mol. The van der Waals surface area contributed by atoms with E-state index in [4.69, 9.17) is 37.3 Å². The summed E-state index contributed by atoms with van der Waals surface area (Å²) in [5.41, 5.74) is 3.25. The fourth-order valence-electron chi connectivity index (χ4n) is 11.1. The van der Waals surface area contributed by atoms with Crippen LogP contribution in [0.3, 0.4) is 0 Å². The number of carbonyl (C=O) groups is 1. The van der Waals surface area contributed by atoms with Crippen LogP contribution in [0, 0.1) is 0 Å². The number of methoxy groups -OCH3 is 6. The van der Waals surface area contributed by atoms with Gasteiger partial charge in [-0.15, -0.1) is 0 Å². The zero-order valence-corrected chi connectivity index (χ0v) is 46.3. The molecule has 12 heteroatoms. The predicted molar refractivity (Wildman–Crippen MR) is 299 cm³/mol. The molecule has 6 aromatic carbocycles. The summed E-state index contributed by atoms with van der Waals surface area (Å²) in [7, 11) is 4.06. The summed E-state index contributed by atoms with van der Waals surface area (Å²) >= 11 is 0. The number of fused-ring (bicyclic) bond motifs is 2. The second kappa shape index (κ2) is 24.0. The first-order chi connectivity index (χ1) is 34.5. The number of Topliss-reactive ketones (excluding diaryl/α,β-unsaturated/α-hetero) is 1. The van der Waals surface area contributed by atoms with Gasteiger partial charge in [-0.2, -0.15) is 0 Å². The first-order valence-corrected chi connectivity index (χ1v) is 28.8. The van der Waals surface area contributed by atoms with Crippen molar-refractivity contribution < 1.29 is 47.2 Å². The van der Waals surface area contributed by atoms with E-state index in [1.165, 1.54) is 20.7 Å². The molecule has 0 amide bonds. The van der Waals surface area contributed by atoms with E-state index in [2.05, 4.69) is 151 Å². The highest BCUT2D eigenvalue weighted by atomic mass is 28.4. The van der Waals surface area contributed by atoms with Gasteiger partial charge in [0, 0.05) is 35.6 Å². The van der Waals surface area contributed by atoms with Crippen LogP contribution < -0.4 is 49.2 Å². The number of aliphatic hydroxyl groups is 1. The Labute approximate surface area is 437 Å². The van der Waals surface area contributed by atoms with Crippen LogP contribution in [0.1, 0.15) is 108 Å². The lowest BCUT2D eigenvalue weighted by molar-refractivity contribution is 0.0891. The molecule has 8 rings (SSSR count). The summed E-state index contributed by atoms with van der Waals surface area (Å²) in [6, 6.07) is 46.0. The molecule has 1 unspecified atom stereocenters. The summed E-state index contributed by atoms with van der Waals surface area (Å²) in [6.07, 6.45) is 2.53. The third-order valence-corrected chi connectivity index (χ3v) is 24.6. The number of aliphatic hydroxyl groups excluding tert-OH is 1. The maximum absolute atomic E-state index is 13.6. The van der Waals surface area contributed by atoms with Crippen molar-refractivity contribution in [1.82, 2.24) is 0 Å². The second-order valence-electron chi connectivity index (χ2n) is 20.6. The summed E-state index contributed by atoms with van der Waals surface area (Å²) in [6.45, 7) is 13.6. The first kappa shape index (κ1) is 56.4. The van der Waals surface area contributed by atoms with Crippen LogP contribution in [0.5, 0.6) is 34.5 Å². The summed E-state index contributed by atoms with van der Waals surface area (Å²) < 4.78 is 48.4. The Morgan fingerprint density at radius 3 is 1.22 bits per heavy atom. The van der Waals surface area contributed by atoms with Crippen molar-refractivity contribution in [2.75, 3.05) is 42.7 Å². The summed E-state index contributed by atoms with van der Waals surface area (Å²) in [5, 5.41) is 16.0. The SMILES string of the molecule is C.COc1cc2c(c(OC)c1OC)CC[C@H](O[Si](c1ccccc1)(c1ccccc1)C(C)(C)C)CC2=O.COc1cc2c(c(OC)c1OC)CC[C@H](O[Si](c1ccccc1)(c1ccccc1)C(C)(C)C)CC2O. The van der Waals surface area contributed by atoms with Gasteiger partial charge in [0.1, 0.15) is 0 Å². The Kier molecular flexibility index (Phi) is 18.5. The minimum absolute atomic E-state index is 0.